The zero-order valence-corrected chi connectivity index (χ0v) is 18.1. The summed E-state index contributed by atoms with van der Waals surface area (Å²) in [5.74, 6) is 2.43. The van der Waals surface area contributed by atoms with Crippen LogP contribution in [0.5, 0.6) is 0 Å². The minimum Gasteiger partial charge on any atom is -0.454 e. The van der Waals surface area contributed by atoms with E-state index in [9.17, 15) is 5.11 Å². The summed E-state index contributed by atoms with van der Waals surface area (Å²) in [7, 11) is 0. The zero-order valence-electron chi connectivity index (χ0n) is 17.4. The highest BCUT2D eigenvalue weighted by atomic mass is 35.5. The van der Waals surface area contributed by atoms with E-state index in [1.807, 2.05) is 12.1 Å². The largest absolute Gasteiger partial charge is 0.454 e. The van der Waals surface area contributed by atoms with Gasteiger partial charge in [0.1, 0.15) is 5.58 Å². The van der Waals surface area contributed by atoms with Crippen molar-refractivity contribution in [2.24, 2.45) is 23.7 Å². The molecule has 4 fully saturated rings. The average molecular weight is 429 g/mol. The molecular formula is C28H25ClO2. The van der Waals surface area contributed by atoms with Crippen molar-refractivity contribution in [3.63, 3.8) is 0 Å². The van der Waals surface area contributed by atoms with Gasteiger partial charge in [-0.15, -0.1) is 0 Å². The minimum absolute atomic E-state index is 0.388. The lowest BCUT2D eigenvalue weighted by atomic mass is 9.48. The van der Waals surface area contributed by atoms with Crippen LogP contribution >= 0.6 is 11.6 Å². The Kier molecular flexibility index (Phi) is 3.76. The van der Waals surface area contributed by atoms with Crippen LogP contribution in [0.4, 0.5) is 0 Å². The van der Waals surface area contributed by atoms with Crippen molar-refractivity contribution in [2.45, 2.75) is 37.7 Å². The lowest BCUT2D eigenvalue weighted by Gasteiger charge is -2.59. The second kappa shape index (κ2) is 6.37. The van der Waals surface area contributed by atoms with Gasteiger partial charge in [-0.25, -0.2) is 0 Å². The number of hydrogen-bond donors (Lipinski definition) is 1. The van der Waals surface area contributed by atoms with Gasteiger partial charge in [0.15, 0.2) is 5.58 Å². The molecule has 4 bridgehead atoms. The number of para-hydroxylation sites is 1. The number of hydrogen-bond acceptors (Lipinski definition) is 2. The quantitative estimate of drug-likeness (QED) is 0.357. The number of rotatable bonds is 2. The third-order valence-electron chi connectivity index (χ3n) is 8.50. The fraction of sp³-hybridized carbons (Fsp3) is 0.357. The molecule has 0 saturated heterocycles. The zero-order chi connectivity index (χ0) is 20.7. The number of furan rings is 1. The van der Waals surface area contributed by atoms with Crippen molar-refractivity contribution in [2.75, 3.05) is 0 Å². The number of halogens is 1. The van der Waals surface area contributed by atoms with Crippen molar-refractivity contribution >= 4 is 33.5 Å². The summed E-state index contributed by atoms with van der Waals surface area (Å²) in [6, 6.07) is 20.8. The van der Waals surface area contributed by atoms with Gasteiger partial charge in [-0.3, -0.25) is 0 Å². The summed E-state index contributed by atoms with van der Waals surface area (Å²) in [5, 5.41) is 15.0. The van der Waals surface area contributed by atoms with Gasteiger partial charge in [0.05, 0.1) is 10.6 Å². The Morgan fingerprint density at radius 3 is 2.32 bits per heavy atom. The molecule has 4 aliphatic rings. The van der Waals surface area contributed by atoms with Gasteiger partial charge in [-0.2, -0.15) is 0 Å². The van der Waals surface area contributed by atoms with E-state index in [0.717, 1.165) is 50.5 Å². The molecule has 0 radical (unpaired) electrons. The van der Waals surface area contributed by atoms with E-state index >= 15 is 0 Å². The molecule has 1 heterocycles. The molecule has 3 heteroatoms. The van der Waals surface area contributed by atoms with E-state index in [-0.39, 0.29) is 0 Å². The maximum absolute atomic E-state index is 12.2. The third kappa shape index (κ3) is 2.49. The summed E-state index contributed by atoms with van der Waals surface area (Å²) in [4.78, 5) is 0. The van der Waals surface area contributed by atoms with E-state index in [4.69, 9.17) is 16.0 Å². The lowest BCUT2D eigenvalue weighted by molar-refractivity contribution is -0.179. The van der Waals surface area contributed by atoms with Crippen LogP contribution in [0.3, 0.4) is 0 Å². The molecule has 156 valence electrons. The molecule has 8 rings (SSSR count). The van der Waals surface area contributed by atoms with Crippen LogP contribution in [0, 0.1) is 23.7 Å². The highest BCUT2D eigenvalue weighted by Crippen LogP contribution is 2.62. The van der Waals surface area contributed by atoms with Crippen LogP contribution in [-0.2, 0) is 5.60 Å². The van der Waals surface area contributed by atoms with Gasteiger partial charge in [-0.05, 0) is 90.7 Å². The van der Waals surface area contributed by atoms with Crippen LogP contribution in [0.2, 0.25) is 5.02 Å². The first-order chi connectivity index (χ1) is 15.1. The molecular weight excluding hydrogens is 404 g/mol. The van der Waals surface area contributed by atoms with Crippen molar-refractivity contribution in [3.05, 3.63) is 71.2 Å². The van der Waals surface area contributed by atoms with Crippen molar-refractivity contribution < 1.29 is 9.52 Å². The Morgan fingerprint density at radius 1 is 0.806 bits per heavy atom. The standard InChI is InChI=1S/C28H25ClO2/c29-25-7-3-5-23-22-9-8-18(15-26(22)31-27(23)25)21-4-1-2-6-24(21)28(30)19-11-16-10-17(13-19)14-20(28)12-16/h1-9,15-17,19-20,30H,10-14H2. The van der Waals surface area contributed by atoms with Crippen molar-refractivity contribution in [1.82, 2.24) is 0 Å². The Balaban J connectivity index is 1.39. The lowest BCUT2D eigenvalue weighted by Crippen LogP contribution is -2.55. The normalized spacial score (nSPS) is 31.7. The Morgan fingerprint density at radius 2 is 1.55 bits per heavy atom. The highest BCUT2D eigenvalue weighted by Gasteiger charge is 2.57. The molecule has 3 aromatic carbocycles. The molecule has 2 nitrogen and oxygen atoms in total. The van der Waals surface area contributed by atoms with E-state index in [0.29, 0.717) is 16.9 Å². The second-order valence-electron chi connectivity index (χ2n) is 10.1. The molecule has 0 amide bonds. The van der Waals surface area contributed by atoms with Crippen LogP contribution in [0.25, 0.3) is 33.1 Å². The van der Waals surface area contributed by atoms with Gasteiger partial charge in [0.25, 0.3) is 0 Å². The molecule has 4 aromatic rings. The molecule has 0 spiro atoms. The van der Waals surface area contributed by atoms with E-state index in [2.05, 4.69) is 48.5 Å². The first kappa shape index (κ1) is 18.3. The van der Waals surface area contributed by atoms with Crippen LogP contribution in [0.1, 0.15) is 37.7 Å². The van der Waals surface area contributed by atoms with Crippen LogP contribution in [-0.4, -0.2) is 5.11 Å². The first-order valence-corrected chi connectivity index (χ1v) is 11.9. The molecule has 0 aliphatic heterocycles. The molecule has 0 atom stereocenters. The molecule has 1 N–H and O–H groups in total. The number of aliphatic hydroxyl groups is 1. The van der Waals surface area contributed by atoms with Crippen LogP contribution < -0.4 is 0 Å². The third-order valence-corrected chi connectivity index (χ3v) is 8.80. The second-order valence-corrected chi connectivity index (χ2v) is 10.5. The minimum atomic E-state index is -0.712. The summed E-state index contributed by atoms with van der Waals surface area (Å²) >= 11 is 6.37. The van der Waals surface area contributed by atoms with Gasteiger partial charge >= 0.3 is 0 Å². The first-order valence-electron chi connectivity index (χ1n) is 11.5. The van der Waals surface area contributed by atoms with Gasteiger partial charge in [-0.1, -0.05) is 54.1 Å². The Hall–Kier alpha value is -2.29. The summed E-state index contributed by atoms with van der Waals surface area (Å²) < 4.78 is 6.16. The summed E-state index contributed by atoms with van der Waals surface area (Å²) in [5.41, 5.74) is 4.20. The molecule has 1 aromatic heterocycles. The van der Waals surface area contributed by atoms with Crippen LogP contribution in [0.15, 0.2) is 65.1 Å². The van der Waals surface area contributed by atoms with E-state index in [1.54, 1.807) is 0 Å². The molecule has 4 saturated carbocycles. The molecule has 4 aliphatic carbocycles. The predicted molar refractivity (Wildman–Crippen MR) is 125 cm³/mol. The van der Waals surface area contributed by atoms with Crippen molar-refractivity contribution in [1.29, 1.82) is 0 Å². The topological polar surface area (TPSA) is 33.4 Å². The maximum atomic E-state index is 12.2. The van der Waals surface area contributed by atoms with Gasteiger partial charge < -0.3 is 9.52 Å². The Bertz CT molecular complexity index is 1310. The SMILES string of the molecule is OC1(c2ccccc2-c2ccc3c(c2)oc2c(Cl)cccc23)C2CC3CC(C2)CC1C3. The van der Waals surface area contributed by atoms with E-state index in [1.165, 1.54) is 32.1 Å². The van der Waals surface area contributed by atoms with Gasteiger partial charge in [0, 0.05) is 10.8 Å². The molecule has 31 heavy (non-hydrogen) atoms. The summed E-state index contributed by atoms with van der Waals surface area (Å²) in [6.45, 7) is 0. The van der Waals surface area contributed by atoms with Crippen molar-refractivity contribution in [3.8, 4) is 11.1 Å². The monoisotopic (exact) mass is 428 g/mol. The molecule has 0 unspecified atom stereocenters. The maximum Gasteiger partial charge on any atom is 0.153 e. The van der Waals surface area contributed by atoms with E-state index < -0.39 is 5.60 Å². The number of benzene rings is 3. The smallest absolute Gasteiger partial charge is 0.153 e. The average Bonchev–Trinajstić information content (AvgIpc) is 3.16. The fourth-order valence-corrected chi connectivity index (χ4v) is 7.57. The van der Waals surface area contributed by atoms with Gasteiger partial charge in [0.2, 0.25) is 0 Å². The highest BCUT2D eigenvalue weighted by molar-refractivity contribution is 6.35. The Labute approximate surface area is 186 Å². The summed E-state index contributed by atoms with van der Waals surface area (Å²) in [6.07, 6.45) is 6.10. The predicted octanol–water partition coefficient (Wildman–Crippen LogP) is 7.55. The fourth-order valence-electron chi connectivity index (χ4n) is 7.36. The number of fused-ring (bicyclic) bond motifs is 3.